The zero-order chi connectivity index (χ0) is 19.2. The molecule has 2 N–H and O–H groups in total. The Bertz CT molecular complexity index is 929. The van der Waals surface area contributed by atoms with Crippen LogP contribution in [0.3, 0.4) is 0 Å². The molecule has 3 rings (SSSR count). The highest BCUT2D eigenvalue weighted by Gasteiger charge is 2.18. The van der Waals surface area contributed by atoms with Gasteiger partial charge in [-0.15, -0.1) is 0 Å². The van der Waals surface area contributed by atoms with Crippen LogP contribution < -0.4 is 20.1 Å². The largest absolute Gasteiger partial charge is 0.496 e. The van der Waals surface area contributed by atoms with Gasteiger partial charge < -0.3 is 24.5 Å². The van der Waals surface area contributed by atoms with Crippen molar-refractivity contribution in [3.8, 4) is 11.5 Å². The molecule has 138 valence electrons. The van der Waals surface area contributed by atoms with Crippen molar-refractivity contribution in [1.82, 2.24) is 0 Å². The van der Waals surface area contributed by atoms with E-state index in [-0.39, 0.29) is 23.1 Å². The van der Waals surface area contributed by atoms with E-state index < -0.39 is 0 Å². The van der Waals surface area contributed by atoms with Gasteiger partial charge in [0, 0.05) is 11.4 Å². The molecule has 0 aliphatic carbocycles. The van der Waals surface area contributed by atoms with Gasteiger partial charge in [0.2, 0.25) is 0 Å². The van der Waals surface area contributed by atoms with Crippen LogP contribution in [-0.2, 0) is 0 Å². The van der Waals surface area contributed by atoms with Crippen molar-refractivity contribution in [3.05, 3.63) is 72.2 Å². The van der Waals surface area contributed by atoms with Gasteiger partial charge in [0.15, 0.2) is 5.76 Å². The van der Waals surface area contributed by atoms with Crippen molar-refractivity contribution in [1.29, 1.82) is 0 Å². The summed E-state index contributed by atoms with van der Waals surface area (Å²) in [7, 11) is 2.96. The quantitative estimate of drug-likeness (QED) is 0.692. The number of ether oxygens (including phenoxy) is 2. The summed E-state index contributed by atoms with van der Waals surface area (Å²) in [4.78, 5) is 24.8. The summed E-state index contributed by atoms with van der Waals surface area (Å²) < 4.78 is 15.6. The van der Waals surface area contributed by atoms with Crippen LogP contribution in [0.4, 0.5) is 11.4 Å². The fraction of sp³-hybridized carbons (Fsp3) is 0.100. The molecule has 2 amide bonds. The molecule has 0 saturated carbocycles. The second-order valence-electron chi connectivity index (χ2n) is 5.50. The minimum absolute atomic E-state index is 0.197. The van der Waals surface area contributed by atoms with E-state index in [9.17, 15) is 9.59 Å². The minimum Gasteiger partial charge on any atom is -0.496 e. The third-order valence-corrected chi connectivity index (χ3v) is 3.78. The molecule has 0 saturated heterocycles. The summed E-state index contributed by atoms with van der Waals surface area (Å²) in [6.07, 6.45) is 1.42. The molecule has 0 spiro atoms. The van der Waals surface area contributed by atoms with E-state index in [0.717, 1.165) is 0 Å². The maximum Gasteiger partial charge on any atom is 0.291 e. The predicted molar refractivity (Wildman–Crippen MR) is 101 cm³/mol. The van der Waals surface area contributed by atoms with Crippen molar-refractivity contribution in [2.75, 3.05) is 24.9 Å². The summed E-state index contributed by atoms with van der Waals surface area (Å²) in [6, 6.07) is 15.1. The van der Waals surface area contributed by atoms with Crippen LogP contribution in [0.1, 0.15) is 20.9 Å². The van der Waals surface area contributed by atoms with Crippen LogP contribution in [0.15, 0.2) is 65.3 Å². The first kappa shape index (κ1) is 18.1. The Morgan fingerprint density at radius 2 is 1.41 bits per heavy atom. The summed E-state index contributed by atoms with van der Waals surface area (Å²) in [5, 5.41) is 5.49. The standard InChI is InChI=1S/C20H18N2O5/c1-25-15-8-4-9-16(26-2)18(15)20(24)22-14-7-3-6-13(12-14)21-19(23)17-10-5-11-27-17/h3-12H,1-2H3,(H,21,23)(H,22,24). The van der Waals surface area contributed by atoms with E-state index >= 15 is 0 Å². The molecule has 0 aliphatic rings. The van der Waals surface area contributed by atoms with E-state index in [4.69, 9.17) is 13.9 Å². The highest BCUT2D eigenvalue weighted by molar-refractivity contribution is 6.08. The Balaban J connectivity index is 1.79. The summed E-state index contributed by atoms with van der Waals surface area (Å²) in [5.74, 6) is 0.222. The molecule has 7 nitrogen and oxygen atoms in total. The van der Waals surface area contributed by atoms with E-state index in [1.165, 1.54) is 20.5 Å². The zero-order valence-electron chi connectivity index (χ0n) is 14.8. The Kier molecular flexibility index (Phi) is 5.41. The molecule has 0 unspecified atom stereocenters. The number of nitrogens with one attached hydrogen (secondary N) is 2. The first-order chi connectivity index (χ1) is 13.1. The van der Waals surface area contributed by atoms with Gasteiger partial charge in [-0.2, -0.15) is 0 Å². The Morgan fingerprint density at radius 1 is 0.815 bits per heavy atom. The smallest absolute Gasteiger partial charge is 0.291 e. The molecule has 1 aromatic heterocycles. The lowest BCUT2D eigenvalue weighted by atomic mass is 10.1. The van der Waals surface area contributed by atoms with Crippen LogP contribution in [-0.4, -0.2) is 26.0 Å². The number of methoxy groups -OCH3 is 2. The van der Waals surface area contributed by atoms with E-state index in [1.54, 1.807) is 54.6 Å². The fourth-order valence-corrected chi connectivity index (χ4v) is 2.54. The van der Waals surface area contributed by atoms with Gasteiger partial charge in [0.1, 0.15) is 17.1 Å². The van der Waals surface area contributed by atoms with Gasteiger partial charge in [-0.1, -0.05) is 12.1 Å². The lowest BCUT2D eigenvalue weighted by Crippen LogP contribution is -2.15. The lowest BCUT2D eigenvalue weighted by molar-refractivity contribution is 0.0994. The summed E-state index contributed by atoms with van der Waals surface area (Å²) >= 11 is 0. The number of furan rings is 1. The molecule has 0 aliphatic heterocycles. The van der Waals surface area contributed by atoms with E-state index in [1.807, 2.05) is 0 Å². The second kappa shape index (κ2) is 8.09. The molecule has 0 radical (unpaired) electrons. The second-order valence-corrected chi connectivity index (χ2v) is 5.50. The maximum absolute atomic E-state index is 12.7. The number of hydrogen-bond acceptors (Lipinski definition) is 5. The van der Waals surface area contributed by atoms with Gasteiger partial charge >= 0.3 is 0 Å². The molecule has 0 fully saturated rings. The molecular formula is C20H18N2O5. The lowest BCUT2D eigenvalue weighted by Gasteiger charge is -2.13. The maximum atomic E-state index is 12.7. The molecule has 0 bridgehead atoms. The molecular weight excluding hydrogens is 348 g/mol. The average Bonchev–Trinajstić information content (AvgIpc) is 3.22. The number of rotatable bonds is 6. The third-order valence-electron chi connectivity index (χ3n) is 3.78. The van der Waals surface area contributed by atoms with Gasteiger partial charge in [-0.05, 0) is 42.5 Å². The van der Waals surface area contributed by atoms with Gasteiger partial charge in [0.05, 0.1) is 20.5 Å². The molecule has 1 heterocycles. The van der Waals surface area contributed by atoms with Gasteiger partial charge in [0.25, 0.3) is 11.8 Å². The Hall–Kier alpha value is -3.74. The van der Waals surface area contributed by atoms with Crippen LogP contribution in [0.25, 0.3) is 0 Å². The molecule has 2 aromatic carbocycles. The highest BCUT2D eigenvalue weighted by Crippen LogP contribution is 2.29. The SMILES string of the molecule is COc1cccc(OC)c1C(=O)Nc1cccc(NC(=O)c2ccco2)c1. The van der Waals surface area contributed by atoms with Crippen LogP contribution in [0.5, 0.6) is 11.5 Å². The Labute approximate surface area is 155 Å². The molecule has 3 aromatic rings. The molecule has 7 heteroatoms. The van der Waals surface area contributed by atoms with Crippen LogP contribution >= 0.6 is 0 Å². The summed E-state index contributed by atoms with van der Waals surface area (Å²) in [5.41, 5.74) is 1.30. The van der Waals surface area contributed by atoms with Gasteiger partial charge in [-0.3, -0.25) is 9.59 Å². The fourth-order valence-electron chi connectivity index (χ4n) is 2.54. The van der Waals surface area contributed by atoms with Crippen molar-refractivity contribution in [2.24, 2.45) is 0 Å². The summed E-state index contributed by atoms with van der Waals surface area (Å²) in [6.45, 7) is 0. The van der Waals surface area contributed by atoms with Crippen molar-refractivity contribution < 1.29 is 23.5 Å². The van der Waals surface area contributed by atoms with Crippen molar-refractivity contribution >= 4 is 23.2 Å². The van der Waals surface area contributed by atoms with Crippen molar-refractivity contribution in [3.63, 3.8) is 0 Å². The first-order valence-corrected chi connectivity index (χ1v) is 8.09. The number of benzene rings is 2. The molecule has 0 atom stereocenters. The Morgan fingerprint density at radius 3 is 1.96 bits per heavy atom. The monoisotopic (exact) mass is 366 g/mol. The number of amides is 2. The van der Waals surface area contributed by atoms with Crippen molar-refractivity contribution in [2.45, 2.75) is 0 Å². The number of anilines is 2. The third kappa shape index (κ3) is 4.09. The molecule has 27 heavy (non-hydrogen) atoms. The zero-order valence-corrected chi connectivity index (χ0v) is 14.8. The highest BCUT2D eigenvalue weighted by atomic mass is 16.5. The number of hydrogen-bond donors (Lipinski definition) is 2. The first-order valence-electron chi connectivity index (χ1n) is 8.09. The van der Waals surface area contributed by atoms with E-state index in [2.05, 4.69) is 10.6 Å². The minimum atomic E-state index is -0.390. The normalized spacial score (nSPS) is 10.1. The number of carbonyl (C=O) groups excluding carboxylic acids is 2. The predicted octanol–water partition coefficient (Wildman–Crippen LogP) is 3.80. The average molecular weight is 366 g/mol. The van der Waals surface area contributed by atoms with E-state index in [0.29, 0.717) is 22.9 Å². The van der Waals surface area contributed by atoms with Crippen LogP contribution in [0, 0.1) is 0 Å². The number of carbonyl (C=O) groups is 2. The topological polar surface area (TPSA) is 89.8 Å². The van der Waals surface area contributed by atoms with Gasteiger partial charge in [-0.25, -0.2) is 0 Å². The van der Waals surface area contributed by atoms with Crippen LogP contribution in [0.2, 0.25) is 0 Å².